The molecule has 1 aromatic carbocycles. The SMILES string of the molecule is O=C(NCC1(CO)CCCCC1)c1ccc(Br)cc1S. The molecule has 1 amide bonds. The summed E-state index contributed by atoms with van der Waals surface area (Å²) in [7, 11) is 0. The summed E-state index contributed by atoms with van der Waals surface area (Å²) in [5, 5.41) is 12.6. The topological polar surface area (TPSA) is 49.3 Å². The third kappa shape index (κ3) is 3.77. The summed E-state index contributed by atoms with van der Waals surface area (Å²) in [6.45, 7) is 0.674. The largest absolute Gasteiger partial charge is 0.396 e. The van der Waals surface area contributed by atoms with E-state index in [1.54, 1.807) is 12.1 Å². The molecule has 0 aromatic heterocycles. The molecule has 2 rings (SSSR count). The third-order valence-corrected chi connectivity index (χ3v) is 4.94. The zero-order chi connectivity index (χ0) is 14.6. The van der Waals surface area contributed by atoms with E-state index in [4.69, 9.17) is 0 Å². The minimum Gasteiger partial charge on any atom is -0.396 e. The van der Waals surface area contributed by atoms with E-state index in [1.807, 2.05) is 6.07 Å². The molecular weight excluding hydrogens is 338 g/mol. The number of aliphatic hydroxyl groups excluding tert-OH is 1. The summed E-state index contributed by atoms with van der Waals surface area (Å²) < 4.78 is 0.901. The number of amides is 1. The molecule has 1 aliphatic carbocycles. The van der Waals surface area contributed by atoms with Gasteiger partial charge in [0.15, 0.2) is 0 Å². The Balaban J connectivity index is 2.00. The van der Waals surface area contributed by atoms with Gasteiger partial charge in [0.1, 0.15) is 0 Å². The first-order valence-electron chi connectivity index (χ1n) is 6.94. The molecule has 0 unspecified atom stereocenters. The van der Waals surface area contributed by atoms with Crippen molar-refractivity contribution in [3.05, 3.63) is 28.2 Å². The van der Waals surface area contributed by atoms with E-state index in [1.165, 1.54) is 6.42 Å². The summed E-state index contributed by atoms with van der Waals surface area (Å²) in [4.78, 5) is 12.9. The molecule has 110 valence electrons. The quantitative estimate of drug-likeness (QED) is 0.723. The molecule has 5 heteroatoms. The summed E-state index contributed by atoms with van der Waals surface area (Å²) >= 11 is 7.68. The van der Waals surface area contributed by atoms with Gasteiger partial charge in [0.25, 0.3) is 5.91 Å². The van der Waals surface area contributed by atoms with Crippen molar-refractivity contribution in [3.63, 3.8) is 0 Å². The van der Waals surface area contributed by atoms with Crippen LogP contribution in [0.1, 0.15) is 42.5 Å². The highest BCUT2D eigenvalue weighted by molar-refractivity contribution is 9.10. The highest BCUT2D eigenvalue weighted by Crippen LogP contribution is 2.35. The van der Waals surface area contributed by atoms with Crippen LogP contribution in [0.15, 0.2) is 27.6 Å². The number of aliphatic hydroxyl groups is 1. The predicted octanol–water partition coefficient (Wildman–Crippen LogP) is 3.41. The van der Waals surface area contributed by atoms with Crippen LogP contribution in [0.3, 0.4) is 0 Å². The van der Waals surface area contributed by atoms with Crippen molar-refractivity contribution in [2.75, 3.05) is 13.2 Å². The van der Waals surface area contributed by atoms with Crippen molar-refractivity contribution in [1.82, 2.24) is 5.32 Å². The minimum atomic E-state index is -0.139. The minimum absolute atomic E-state index is 0.124. The fourth-order valence-corrected chi connectivity index (χ4v) is 3.61. The molecule has 2 N–H and O–H groups in total. The summed E-state index contributed by atoms with van der Waals surface area (Å²) in [5.74, 6) is -0.124. The number of rotatable bonds is 4. The van der Waals surface area contributed by atoms with Crippen molar-refractivity contribution < 1.29 is 9.90 Å². The Kier molecular flexibility index (Phi) is 5.52. The van der Waals surface area contributed by atoms with Gasteiger partial charge in [-0.15, -0.1) is 12.6 Å². The van der Waals surface area contributed by atoms with Crippen LogP contribution in [0.25, 0.3) is 0 Å². The van der Waals surface area contributed by atoms with Crippen molar-refractivity contribution in [1.29, 1.82) is 0 Å². The van der Waals surface area contributed by atoms with Gasteiger partial charge >= 0.3 is 0 Å². The van der Waals surface area contributed by atoms with Crippen LogP contribution in [0.2, 0.25) is 0 Å². The first kappa shape index (κ1) is 15.9. The van der Waals surface area contributed by atoms with Gasteiger partial charge in [-0.1, -0.05) is 35.2 Å². The molecule has 1 saturated carbocycles. The molecule has 0 aliphatic heterocycles. The highest BCUT2D eigenvalue weighted by Gasteiger charge is 2.31. The smallest absolute Gasteiger partial charge is 0.252 e. The molecule has 1 fully saturated rings. The van der Waals surface area contributed by atoms with E-state index in [0.29, 0.717) is 17.0 Å². The van der Waals surface area contributed by atoms with E-state index in [0.717, 1.165) is 30.2 Å². The number of hydrogen-bond donors (Lipinski definition) is 3. The standard InChI is InChI=1S/C15H20BrNO2S/c16-11-4-5-12(13(20)8-11)14(19)17-9-15(10-18)6-2-1-3-7-15/h4-5,8,18,20H,1-3,6-7,9-10H2,(H,17,19). The van der Waals surface area contributed by atoms with Gasteiger partial charge < -0.3 is 10.4 Å². The maximum absolute atomic E-state index is 12.2. The second-order valence-electron chi connectivity index (χ2n) is 5.56. The Bertz CT molecular complexity index is 487. The molecule has 0 heterocycles. The fourth-order valence-electron chi connectivity index (χ4n) is 2.75. The Morgan fingerprint density at radius 2 is 2.05 bits per heavy atom. The van der Waals surface area contributed by atoms with Crippen LogP contribution < -0.4 is 5.32 Å². The van der Waals surface area contributed by atoms with Crippen LogP contribution in [0.5, 0.6) is 0 Å². The molecule has 1 aromatic rings. The Labute approximate surface area is 133 Å². The predicted molar refractivity (Wildman–Crippen MR) is 86.3 cm³/mol. The average molecular weight is 358 g/mol. The lowest BCUT2D eigenvalue weighted by atomic mass is 9.74. The second kappa shape index (κ2) is 6.96. The lowest BCUT2D eigenvalue weighted by Crippen LogP contribution is -2.41. The molecule has 0 saturated heterocycles. The zero-order valence-corrected chi connectivity index (χ0v) is 13.8. The molecule has 0 bridgehead atoms. The summed E-state index contributed by atoms with van der Waals surface area (Å²) in [6, 6.07) is 5.39. The van der Waals surface area contributed by atoms with Gasteiger partial charge in [0.05, 0.1) is 12.2 Å². The molecule has 0 atom stereocenters. The lowest BCUT2D eigenvalue weighted by molar-refractivity contribution is 0.0716. The van der Waals surface area contributed by atoms with Gasteiger partial charge in [-0.25, -0.2) is 0 Å². The van der Waals surface area contributed by atoms with Gasteiger partial charge in [0.2, 0.25) is 0 Å². The van der Waals surface area contributed by atoms with Crippen molar-refractivity contribution >= 4 is 34.5 Å². The summed E-state index contributed by atoms with van der Waals surface area (Å²) in [6.07, 6.45) is 5.46. The van der Waals surface area contributed by atoms with Gasteiger partial charge in [0, 0.05) is 21.3 Å². The van der Waals surface area contributed by atoms with E-state index in [-0.39, 0.29) is 17.9 Å². The molecule has 0 spiro atoms. The molecule has 20 heavy (non-hydrogen) atoms. The fraction of sp³-hybridized carbons (Fsp3) is 0.533. The normalized spacial score (nSPS) is 17.8. The number of hydrogen-bond acceptors (Lipinski definition) is 3. The monoisotopic (exact) mass is 357 g/mol. The van der Waals surface area contributed by atoms with E-state index in [2.05, 4.69) is 33.9 Å². The van der Waals surface area contributed by atoms with Crippen LogP contribution in [-0.4, -0.2) is 24.2 Å². The maximum atomic E-state index is 12.2. The second-order valence-corrected chi connectivity index (χ2v) is 6.96. The van der Waals surface area contributed by atoms with Crippen LogP contribution in [0.4, 0.5) is 0 Å². The van der Waals surface area contributed by atoms with Crippen LogP contribution >= 0.6 is 28.6 Å². The van der Waals surface area contributed by atoms with Crippen molar-refractivity contribution in [2.45, 2.75) is 37.0 Å². The first-order chi connectivity index (χ1) is 9.56. The summed E-state index contributed by atoms with van der Waals surface area (Å²) in [5.41, 5.74) is 0.431. The number of benzene rings is 1. The Hall–Kier alpha value is -0.520. The lowest BCUT2D eigenvalue weighted by Gasteiger charge is -2.35. The van der Waals surface area contributed by atoms with Crippen molar-refractivity contribution in [2.24, 2.45) is 5.41 Å². The Morgan fingerprint density at radius 3 is 2.65 bits per heavy atom. The van der Waals surface area contributed by atoms with E-state index < -0.39 is 0 Å². The maximum Gasteiger partial charge on any atom is 0.252 e. The van der Waals surface area contributed by atoms with Crippen LogP contribution in [0, 0.1) is 5.41 Å². The molecule has 1 aliphatic rings. The highest BCUT2D eigenvalue weighted by atomic mass is 79.9. The van der Waals surface area contributed by atoms with E-state index >= 15 is 0 Å². The average Bonchev–Trinajstić information content (AvgIpc) is 2.46. The van der Waals surface area contributed by atoms with E-state index in [9.17, 15) is 9.90 Å². The number of carbonyl (C=O) groups excluding carboxylic acids is 1. The van der Waals surface area contributed by atoms with Gasteiger partial charge in [-0.05, 0) is 31.0 Å². The zero-order valence-electron chi connectivity index (χ0n) is 11.4. The molecule has 0 radical (unpaired) electrons. The third-order valence-electron chi connectivity index (χ3n) is 4.08. The molecule has 3 nitrogen and oxygen atoms in total. The number of carbonyl (C=O) groups is 1. The number of thiol groups is 1. The molecular formula is C15H20BrNO2S. The number of nitrogens with one attached hydrogen (secondary N) is 1. The first-order valence-corrected chi connectivity index (χ1v) is 8.18. The van der Waals surface area contributed by atoms with Crippen LogP contribution in [-0.2, 0) is 0 Å². The van der Waals surface area contributed by atoms with Crippen molar-refractivity contribution in [3.8, 4) is 0 Å². The Morgan fingerprint density at radius 1 is 1.35 bits per heavy atom. The number of halogens is 1. The van der Waals surface area contributed by atoms with Gasteiger partial charge in [-0.2, -0.15) is 0 Å². The van der Waals surface area contributed by atoms with Gasteiger partial charge in [-0.3, -0.25) is 4.79 Å².